The van der Waals surface area contributed by atoms with Crippen LogP contribution in [0.4, 0.5) is 4.39 Å². The van der Waals surface area contributed by atoms with Gasteiger partial charge < -0.3 is 10.5 Å². The molecular formula is C28H57FNO7S4-. The maximum atomic E-state index is 12.7. The molecule has 1 rings (SSSR count). The summed E-state index contributed by atoms with van der Waals surface area (Å²) in [6.45, 7) is 14.6. The van der Waals surface area contributed by atoms with Crippen molar-refractivity contribution in [2.24, 2.45) is 0 Å². The third-order valence-corrected chi connectivity index (χ3v) is 11.7. The van der Waals surface area contributed by atoms with E-state index < -0.39 is 35.2 Å². The van der Waals surface area contributed by atoms with E-state index in [0.29, 0.717) is 30.2 Å². The van der Waals surface area contributed by atoms with E-state index >= 15 is 0 Å². The van der Waals surface area contributed by atoms with Crippen LogP contribution in [0.3, 0.4) is 0 Å². The van der Waals surface area contributed by atoms with Gasteiger partial charge in [-0.25, -0.2) is 29.6 Å². The fourth-order valence-electron chi connectivity index (χ4n) is 3.01. The highest BCUT2D eigenvalue weighted by atomic mass is 32.3. The Morgan fingerprint density at radius 3 is 1.46 bits per heavy atom. The summed E-state index contributed by atoms with van der Waals surface area (Å²) >= 11 is 0. The minimum atomic E-state index is -4.78. The first-order valence-electron chi connectivity index (χ1n) is 13.5. The van der Waals surface area contributed by atoms with Crippen molar-refractivity contribution in [1.29, 1.82) is 0 Å². The number of benzene rings is 1. The summed E-state index contributed by atoms with van der Waals surface area (Å²) in [5.74, 6) is 1.37. The lowest BCUT2D eigenvalue weighted by Gasteiger charge is -2.22. The molecule has 0 aliphatic rings. The van der Waals surface area contributed by atoms with Crippen LogP contribution in [0.2, 0.25) is 0 Å². The minimum Gasteiger partial charge on any atom is -0.745 e. The van der Waals surface area contributed by atoms with Crippen LogP contribution < -0.4 is 4.13 Å². The molecular weight excluding hydrogens is 610 g/mol. The molecule has 0 saturated heterocycles. The Morgan fingerprint density at radius 2 is 1.27 bits per heavy atom. The van der Waals surface area contributed by atoms with Gasteiger partial charge in [0.25, 0.3) is 0 Å². The van der Waals surface area contributed by atoms with Crippen molar-refractivity contribution in [2.45, 2.75) is 118 Å². The molecule has 0 aromatic heterocycles. The predicted octanol–water partition coefficient (Wildman–Crippen LogP) is 6.73. The molecule has 248 valence electrons. The van der Waals surface area contributed by atoms with Crippen LogP contribution >= 0.6 is 0 Å². The van der Waals surface area contributed by atoms with Crippen LogP contribution in [0.25, 0.3) is 0 Å². The summed E-state index contributed by atoms with van der Waals surface area (Å²) in [6.07, 6.45) is 9.21. The van der Waals surface area contributed by atoms with Gasteiger partial charge in [0.1, 0.15) is 22.6 Å². The molecule has 0 heterocycles. The molecule has 0 amide bonds. The molecule has 1 atom stereocenters. The number of hydrogen-bond donors (Lipinski definition) is 1. The van der Waals surface area contributed by atoms with E-state index in [1.165, 1.54) is 29.7 Å². The molecule has 0 bridgehead atoms. The molecule has 1 unspecified atom stereocenters. The lowest BCUT2D eigenvalue weighted by atomic mass is 10.0. The van der Waals surface area contributed by atoms with E-state index in [-0.39, 0.29) is 25.4 Å². The molecule has 0 fully saturated rings. The van der Waals surface area contributed by atoms with E-state index in [2.05, 4.69) is 64.5 Å². The van der Waals surface area contributed by atoms with E-state index in [1.54, 1.807) is 30.8 Å². The van der Waals surface area contributed by atoms with Crippen LogP contribution in [-0.4, -0.2) is 58.8 Å². The highest BCUT2D eigenvalue weighted by molar-refractivity contribution is 8.04. The number of rotatable bonds is 13. The number of halogens is 1. The summed E-state index contributed by atoms with van der Waals surface area (Å²) in [4.78, 5) is 1.46. The molecule has 0 spiro atoms. The Bertz CT molecular complexity index is 1060. The zero-order valence-corrected chi connectivity index (χ0v) is 29.3. The second-order valence-corrected chi connectivity index (χ2v) is 17.3. The topological polar surface area (TPSA) is 138 Å². The molecule has 0 aliphatic heterocycles. The normalized spacial score (nSPS) is 12.9. The number of alkyl halides is 1. The smallest absolute Gasteiger partial charge is 0.224 e. The van der Waals surface area contributed by atoms with E-state index in [4.69, 9.17) is 0 Å². The van der Waals surface area contributed by atoms with Crippen LogP contribution in [0.15, 0.2) is 29.2 Å². The van der Waals surface area contributed by atoms with Gasteiger partial charge in [0.2, 0.25) is 20.0 Å². The third kappa shape index (κ3) is 25.5. The molecule has 8 nitrogen and oxygen atoms in total. The van der Waals surface area contributed by atoms with Crippen molar-refractivity contribution in [3.05, 3.63) is 35.7 Å². The Balaban J connectivity index is -0.000000225. The summed E-state index contributed by atoms with van der Waals surface area (Å²) in [7, 11) is -11.7. The SMILES string of the molecule is C.CCCC(C)(F)S(=O)(=O)[O-].CCCS(=O)(=O)NS(=O)(=O)CCC.CC[C-](CC)CC.Cc1cccc([S+](C)C)c1. The average Bonchev–Trinajstić information content (AvgIpc) is 2.80. The van der Waals surface area contributed by atoms with E-state index in [9.17, 15) is 34.2 Å². The predicted molar refractivity (Wildman–Crippen MR) is 175 cm³/mol. The zero-order chi connectivity index (χ0) is 32.2. The van der Waals surface area contributed by atoms with Crippen LogP contribution in [-0.2, 0) is 41.1 Å². The summed E-state index contributed by atoms with van der Waals surface area (Å²) in [6, 6.07) is 8.70. The quantitative estimate of drug-likeness (QED) is 0.140. The van der Waals surface area contributed by atoms with Gasteiger partial charge in [-0.15, -0.1) is 4.13 Å². The first-order chi connectivity index (χ1) is 18.2. The number of aryl methyl sites for hydroxylation is 1. The van der Waals surface area contributed by atoms with Crippen molar-refractivity contribution in [3.8, 4) is 0 Å². The Kier molecular flexibility index (Phi) is 27.3. The maximum Gasteiger partial charge on any atom is 0.224 e. The van der Waals surface area contributed by atoms with E-state index in [0.717, 1.165) is 6.92 Å². The van der Waals surface area contributed by atoms with Crippen molar-refractivity contribution < 1.29 is 34.2 Å². The van der Waals surface area contributed by atoms with Gasteiger partial charge in [0.15, 0.2) is 9.90 Å². The summed E-state index contributed by atoms with van der Waals surface area (Å²) < 4.78 is 88.8. The maximum absolute atomic E-state index is 12.7. The standard InChI is InChI=1S/C9H13S.C7H15.C6H15NO4S2.C5H11FO3S.CH4/c1-8-5-4-6-9(7-8)10(2)3;1-4-7(5-2)6-3;1-3-5-12(8,9)7-13(10,11)6-4-2;1-3-4-5(2,6)10(7,8)9;/h4-7H,1-3H3;4-6H2,1-3H3;7H,3-6H2,1-2H3;3-4H2,1-2H3,(H,7,8,9);1H4/q+1;-1;;;/p-1. The third-order valence-electron chi connectivity index (χ3n) is 5.38. The molecule has 0 radical (unpaired) electrons. The lowest BCUT2D eigenvalue weighted by Crippen LogP contribution is -2.33. The van der Waals surface area contributed by atoms with Gasteiger partial charge in [0.05, 0.1) is 11.5 Å². The largest absolute Gasteiger partial charge is 0.745 e. The molecule has 1 N–H and O–H groups in total. The van der Waals surface area contributed by atoms with Gasteiger partial charge in [-0.05, 0) is 50.8 Å². The second-order valence-electron chi connectivity index (χ2n) is 9.47. The Morgan fingerprint density at radius 1 is 0.854 bits per heavy atom. The summed E-state index contributed by atoms with van der Waals surface area (Å²) in [5, 5.41) is -2.60. The van der Waals surface area contributed by atoms with Crippen LogP contribution in [0.1, 0.15) is 106 Å². The molecule has 1 aromatic rings. The molecule has 0 saturated carbocycles. The lowest BCUT2D eigenvalue weighted by molar-refractivity contribution is 0.246. The summed E-state index contributed by atoms with van der Waals surface area (Å²) in [5.41, 5.74) is 1.36. The fraction of sp³-hybridized carbons (Fsp3) is 0.750. The highest BCUT2D eigenvalue weighted by Gasteiger charge is 2.29. The zero-order valence-electron chi connectivity index (χ0n) is 26.0. The van der Waals surface area contributed by atoms with Crippen molar-refractivity contribution >= 4 is 41.1 Å². The Labute approximate surface area is 255 Å². The van der Waals surface area contributed by atoms with Crippen LogP contribution in [0, 0.1) is 12.8 Å². The average molecular weight is 667 g/mol. The fourth-order valence-corrected chi connectivity index (χ4v) is 7.52. The van der Waals surface area contributed by atoms with Gasteiger partial charge in [-0.3, -0.25) is 0 Å². The van der Waals surface area contributed by atoms with Gasteiger partial charge in [-0.1, -0.05) is 67.5 Å². The molecule has 1 aromatic carbocycles. The van der Waals surface area contributed by atoms with E-state index in [1.807, 2.05) is 0 Å². The molecule has 13 heteroatoms. The monoisotopic (exact) mass is 666 g/mol. The first kappa shape index (κ1) is 47.2. The number of sulfonamides is 2. The molecule has 41 heavy (non-hydrogen) atoms. The van der Waals surface area contributed by atoms with Gasteiger partial charge >= 0.3 is 0 Å². The number of hydrogen-bond acceptors (Lipinski definition) is 7. The van der Waals surface area contributed by atoms with Crippen molar-refractivity contribution in [1.82, 2.24) is 4.13 Å². The highest BCUT2D eigenvalue weighted by Crippen LogP contribution is 2.23. The van der Waals surface area contributed by atoms with Gasteiger partial charge in [-0.2, -0.15) is 19.3 Å². The first-order valence-corrected chi connectivity index (χ1v) is 20.3. The second kappa shape index (κ2) is 23.7. The van der Waals surface area contributed by atoms with Gasteiger partial charge in [0, 0.05) is 10.9 Å². The van der Waals surface area contributed by atoms with Crippen molar-refractivity contribution in [3.63, 3.8) is 0 Å². The molecule has 0 aliphatic carbocycles. The number of nitrogens with one attached hydrogen (secondary N) is 1. The minimum absolute atomic E-state index is 0. The van der Waals surface area contributed by atoms with Crippen LogP contribution in [0.5, 0.6) is 0 Å². The Hall–Kier alpha value is -0.730. The van der Waals surface area contributed by atoms with Crippen molar-refractivity contribution in [2.75, 3.05) is 24.0 Å².